The quantitative estimate of drug-likeness (QED) is 0.651. The number of hydrogen-bond acceptors (Lipinski definition) is 2. The highest BCUT2D eigenvalue weighted by Gasteiger charge is 2.15. The van der Waals surface area contributed by atoms with Crippen LogP contribution in [0.15, 0.2) is 48.5 Å². The lowest BCUT2D eigenvalue weighted by Gasteiger charge is -2.19. The van der Waals surface area contributed by atoms with Gasteiger partial charge in [-0.05, 0) is 51.8 Å². The molecule has 0 heterocycles. The Hall–Kier alpha value is -2.13. The summed E-state index contributed by atoms with van der Waals surface area (Å²) in [5.41, 5.74) is 3.15. The van der Waals surface area contributed by atoms with Crippen molar-refractivity contribution in [1.29, 1.82) is 0 Å². The van der Waals surface area contributed by atoms with Crippen LogP contribution in [0.1, 0.15) is 73.4 Å². The molecule has 0 radical (unpaired) electrons. The van der Waals surface area contributed by atoms with Crippen LogP contribution in [0, 0.1) is 0 Å². The van der Waals surface area contributed by atoms with E-state index in [0.717, 1.165) is 11.1 Å². The summed E-state index contributed by atoms with van der Waals surface area (Å²) >= 11 is 5.39. The van der Waals surface area contributed by atoms with Crippen LogP contribution in [0.4, 0.5) is 0 Å². The average molecular weight is 375 g/mol. The smallest absolute Gasteiger partial charge is 0.335 e. The monoisotopic (exact) mass is 374 g/mol. The predicted octanol–water partition coefficient (Wildman–Crippen LogP) is 6.05. The number of aromatic carboxylic acids is 1. The van der Waals surface area contributed by atoms with Gasteiger partial charge < -0.3 is 5.11 Å². The van der Waals surface area contributed by atoms with Gasteiger partial charge in [0, 0.05) is 5.56 Å². The first kappa shape index (κ1) is 21.9. The molecule has 1 N–H and O–H groups in total. The number of carbonyl (C=O) groups is 2. The van der Waals surface area contributed by atoms with E-state index >= 15 is 0 Å². The Morgan fingerprint density at radius 3 is 1.50 bits per heavy atom. The lowest BCUT2D eigenvalue weighted by Crippen LogP contribution is -2.12. The molecule has 0 saturated carbocycles. The molecule has 0 bridgehead atoms. The van der Waals surface area contributed by atoms with Gasteiger partial charge in [0.25, 0.3) is 5.24 Å². The van der Waals surface area contributed by atoms with Crippen molar-refractivity contribution in [1.82, 2.24) is 0 Å². The molecular weight excluding hydrogens is 348 g/mol. The number of carbonyl (C=O) groups excluding carboxylic acids is 1. The second kappa shape index (κ2) is 8.50. The molecule has 0 amide bonds. The van der Waals surface area contributed by atoms with Gasteiger partial charge in [0.2, 0.25) is 0 Å². The molecule has 0 saturated heterocycles. The summed E-state index contributed by atoms with van der Waals surface area (Å²) in [6.07, 6.45) is 0. The van der Waals surface area contributed by atoms with Gasteiger partial charge in [-0.15, -0.1) is 0 Å². The Morgan fingerprint density at radius 1 is 0.769 bits per heavy atom. The Balaban J connectivity index is 0.000000260. The fourth-order valence-corrected chi connectivity index (χ4v) is 2.34. The number of benzene rings is 2. The maximum Gasteiger partial charge on any atom is 0.335 e. The maximum atomic E-state index is 10.9. The predicted molar refractivity (Wildman–Crippen MR) is 107 cm³/mol. The van der Waals surface area contributed by atoms with E-state index in [-0.39, 0.29) is 10.8 Å². The number of carboxylic acids is 1. The van der Waals surface area contributed by atoms with E-state index in [4.69, 9.17) is 16.7 Å². The largest absolute Gasteiger partial charge is 0.478 e. The van der Waals surface area contributed by atoms with Crippen molar-refractivity contribution in [3.8, 4) is 0 Å². The van der Waals surface area contributed by atoms with Crippen molar-refractivity contribution in [2.24, 2.45) is 0 Å². The van der Waals surface area contributed by atoms with Crippen molar-refractivity contribution >= 4 is 22.8 Å². The van der Waals surface area contributed by atoms with E-state index in [0.29, 0.717) is 11.1 Å². The van der Waals surface area contributed by atoms with E-state index < -0.39 is 11.2 Å². The van der Waals surface area contributed by atoms with Gasteiger partial charge in [-0.1, -0.05) is 71.9 Å². The molecule has 0 aliphatic carbocycles. The Morgan fingerprint density at radius 2 is 1.15 bits per heavy atom. The Bertz CT molecular complexity index is 713. The highest BCUT2D eigenvalue weighted by molar-refractivity contribution is 6.67. The number of hydrogen-bond donors (Lipinski definition) is 1. The number of halogens is 1. The molecule has 2 aromatic carbocycles. The molecule has 0 atom stereocenters. The summed E-state index contributed by atoms with van der Waals surface area (Å²) in [6, 6.07) is 14.5. The van der Waals surface area contributed by atoms with Gasteiger partial charge in [0.1, 0.15) is 0 Å². The molecule has 26 heavy (non-hydrogen) atoms. The van der Waals surface area contributed by atoms with Crippen LogP contribution in [-0.2, 0) is 10.8 Å². The van der Waals surface area contributed by atoms with Crippen LogP contribution in [0.2, 0.25) is 0 Å². The van der Waals surface area contributed by atoms with Gasteiger partial charge in [0.05, 0.1) is 5.56 Å². The molecule has 3 nitrogen and oxygen atoms in total. The van der Waals surface area contributed by atoms with Gasteiger partial charge in [-0.25, -0.2) is 4.79 Å². The highest BCUT2D eigenvalue weighted by Crippen LogP contribution is 2.23. The topological polar surface area (TPSA) is 54.4 Å². The molecule has 0 aliphatic rings. The number of rotatable bonds is 2. The zero-order valence-corrected chi connectivity index (χ0v) is 17.0. The van der Waals surface area contributed by atoms with E-state index in [1.165, 1.54) is 0 Å². The third-order valence-corrected chi connectivity index (χ3v) is 4.15. The summed E-state index contributed by atoms with van der Waals surface area (Å²) in [4.78, 5) is 21.6. The molecule has 4 heteroatoms. The summed E-state index contributed by atoms with van der Waals surface area (Å²) in [5, 5.41) is 8.38. The van der Waals surface area contributed by atoms with E-state index in [1.807, 2.05) is 24.3 Å². The minimum Gasteiger partial charge on any atom is -0.478 e. The fourth-order valence-electron chi connectivity index (χ4n) is 2.23. The van der Waals surface area contributed by atoms with E-state index in [2.05, 4.69) is 41.5 Å². The van der Waals surface area contributed by atoms with Gasteiger partial charge in [-0.2, -0.15) is 0 Å². The highest BCUT2D eigenvalue weighted by atomic mass is 35.5. The SMILES string of the molecule is CC(C)(C)c1cccc(C(=O)Cl)c1.CC(C)(C)c1cccc(C(=O)O)c1. The first-order chi connectivity index (χ1) is 11.8. The minimum absolute atomic E-state index is 0.00542. The van der Waals surface area contributed by atoms with Crippen LogP contribution in [0.25, 0.3) is 0 Å². The average Bonchev–Trinajstić information content (AvgIpc) is 2.54. The van der Waals surface area contributed by atoms with Crippen LogP contribution in [0.5, 0.6) is 0 Å². The third-order valence-electron chi connectivity index (χ3n) is 3.93. The van der Waals surface area contributed by atoms with Crippen LogP contribution >= 0.6 is 11.6 Å². The van der Waals surface area contributed by atoms with Crippen molar-refractivity contribution < 1.29 is 14.7 Å². The van der Waals surface area contributed by atoms with Crippen molar-refractivity contribution in [2.75, 3.05) is 0 Å². The second-order valence-corrected chi connectivity index (χ2v) is 8.58. The van der Waals surface area contributed by atoms with Crippen molar-refractivity contribution in [3.63, 3.8) is 0 Å². The lowest BCUT2D eigenvalue weighted by molar-refractivity contribution is 0.0696. The van der Waals surface area contributed by atoms with Crippen LogP contribution < -0.4 is 0 Å². The van der Waals surface area contributed by atoms with Gasteiger partial charge >= 0.3 is 5.97 Å². The third kappa shape index (κ3) is 6.64. The normalized spacial score (nSPS) is 11.3. The van der Waals surface area contributed by atoms with Crippen LogP contribution in [-0.4, -0.2) is 16.3 Å². The molecule has 140 valence electrons. The molecule has 0 spiro atoms. The standard InChI is InChI=1S/C11H13ClO.C11H14O2/c2*1-11(2,3)9-6-4-5-8(7-9)10(12)13/h4-7H,1-3H3;4-7H,1-3H3,(H,12,13). The zero-order valence-electron chi connectivity index (χ0n) is 16.3. The molecule has 0 unspecified atom stereocenters. The molecule has 0 aliphatic heterocycles. The molecule has 0 aromatic heterocycles. The van der Waals surface area contributed by atoms with Crippen molar-refractivity contribution in [2.45, 2.75) is 52.4 Å². The summed E-state index contributed by atoms with van der Waals surface area (Å²) in [6.45, 7) is 12.5. The molecule has 0 fully saturated rings. The van der Waals surface area contributed by atoms with Gasteiger partial charge in [-0.3, -0.25) is 4.79 Å². The summed E-state index contributed by atoms with van der Waals surface area (Å²) < 4.78 is 0. The zero-order chi connectivity index (χ0) is 20.1. The Labute approximate surface area is 161 Å². The number of carboxylic acid groups (broad SMARTS) is 1. The first-order valence-corrected chi connectivity index (χ1v) is 8.84. The van der Waals surface area contributed by atoms with E-state index in [1.54, 1.807) is 24.3 Å². The second-order valence-electron chi connectivity index (χ2n) is 8.24. The summed E-state index contributed by atoms with van der Waals surface area (Å²) in [7, 11) is 0. The summed E-state index contributed by atoms with van der Waals surface area (Å²) in [5.74, 6) is -0.869. The molecule has 2 aromatic rings. The molecule has 2 rings (SSSR count). The lowest BCUT2D eigenvalue weighted by atomic mass is 9.86. The Kier molecular flexibility index (Phi) is 7.16. The van der Waals surface area contributed by atoms with E-state index in [9.17, 15) is 9.59 Å². The maximum absolute atomic E-state index is 10.9. The fraction of sp³-hybridized carbons (Fsp3) is 0.364. The molecular formula is C22H27ClO3. The van der Waals surface area contributed by atoms with Gasteiger partial charge in [0.15, 0.2) is 0 Å². The minimum atomic E-state index is -0.869. The van der Waals surface area contributed by atoms with Crippen LogP contribution in [0.3, 0.4) is 0 Å². The van der Waals surface area contributed by atoms with Crippen molar-refractivity contribution in [3.05, 3.63) is 70.8 Å². The first-order valence-electron chi connectivity index (χ1n) is 8.46.